The molecular weight excluding hydrogens is 443 g/mol. The van der Waals surface area contributed by atoms with Crippen molar-refractivity contribution in [2.75, 3.05) is 18.0 Å². The summed E-state index contributed by atoms with van der Waals surface area (Å²) in [6, 6.07) is 5.53. The van der Waals surface area contributed by atoms with E-state index in [2.05, 4.69) is 24.9 Å². The second-order valence-electron chi connectivity index (χ2n) is 8.82. The fourth-order valence-electron chi connectivity index (χ4n) is 4.94. The topological polar surface area (TPSA) is 93.0 Å². The normalized spacial score (nSPS) is 16.9. The molecule has 0 unspecified atom stereocenters. The first-order valence-corrected chi connectivity index (χ1v) is 12.7. The molecule has 0 spiro atoms. The molecule has 1 aliphatic carbocycles. The minimum Gasteiger partial charge on any atom is -0.355 e. The molecule has 0 amide bonds. The van der Waals surface area contributed by atoms with Gasteiger partial charge in [0.05, 0.1) is 10.6 Å². The van der Waals surface area contributed by atoms with Crippen molar-refractivity contribution >= 4 is 15.8 Å². The molecule has 2 aromatic heterocycles. The number of aryl methyl sites for hydroxylation is 2. The van der Waals surface area contributed by atoms with Crippen LogP contribution >= 0.6 is 0 Å². The first-order valence-electron chi connectivity index (χ1n) is 11.2. The summed E-state index contributed by atoms with van der Waals surface area (Å²) in [5.41, 5.74) is 4.78. The Balaban J connectivity index is 1.31. The van der Waals surface area contributed by atoms with Crippen LogP contribution in [0.25, 0.3) is 11.4 Å². The number of benzene rings is 1. The third kappa shape index (κ3) is 4.13. The predicted octanol–water partition coefficient (Wildman–Crippen LogP) is 2.76. The van der Waals surface area contributed by atoms with E-state index in [0.29, 0.717) is 31.5 Å². The average Bonchev–Trinajstić information content (AvgIpc) is 3.42. The SMILES string of the molecule is Cc1cc(F)ccc1S(=O)(=O)NC1CCN(c2nnc(-c3ccnn3C)c3c2CCC3)CC1. The Kier molecular flexibility index (Phi) is 5.65. The molecule has 3 heterocycles. The van der Waals surface area contributed by atoms with Crippen LogP contribution in [0.3, 0.4) is 0 Å². The first kappa shape index (κ1) is 22.0. The molecule has 2 aliphatic rings. The molecule has 1 fully saturated rings. The largest absolute Gasteiger partial charge is 0.355 e. The highest BCUT2D eigenvalue weighted by molar-refractivity contribution is 7.89. The van der Waals surface area contributed by atoms with Crippen LogP contribution in [-0.2, 0) is 29.9 Å². The molecule has 1 N–H and O–H groups in total. The first-order chi connectivity index (χ1) is 15.8. The van der Waals surface area contributed by atoms with Crippen molar-refractivity contribution in [1.29, 1.82) is 0 Å². The van der Waals surface area contributed by atoms with E-state index in [-0.39, 0.29) is 10.9 Å². The Labute approximate surface area is 192 Å². The van der Waals surface area contributed by atoms with Crippen molar-refractivity contribution in [2.45, 2.75) is 50.0 Å². The Morgan fingerprint density at radius 3 is 2.55 bits per heavy atom. The van der Waals surface area contributed by atoms with Gasteiger partial charge in [0.25, 0.3) is 0 Å². The van der Waals surface area contributed by atoms with Gasteiger partial charge in [0.15, 0.2) is 5.82 Å². The maximum atomic E-state index is 13.4. The Bertz CT molecular complexity index is 1300. The molecule has 174 valence electrons. The van der Waals surface area contributed by atoms with Crippen LogP contribution in [0.1, 0.15) is 36.0 Å². The number of sulfonamides is 1. The summed E-state index contributed by atoms with van der Waals surface area (Å²) in [7, 11) is -1.80. The van der Waals surface area contributed by atoms with Gasteiger partial charge in [0.1, 0.15) is 11.5 Å². The van der Waals surface area contributed by atoms with Gasteiger partial charge in [0.2, 0.25) is 10.0 Å². The maximum absolute atomic E-state index is 13.4. The summed E-state index contributed by atoms with van der Waals surface area (Å²) in [5.74, 6) is 0.479. The van der Waals surface area contributed by atoms with Crippen molar-refractivity contribution in [2.24, 2.45) is 7.05 Å². The monoisotopic (exact) mass is 470 g/mol. The van der Waals surface area contributed by atoms with Gasteiger partial charge in [-0.25, -0.2) is 17.5 Å². The van der Waals surface area contributed by atoms with Crippen LogP contribution < -0.4 is 9.62 Å². The van der Waals surface area contributed by atoms with Gasteiger partial charge in [-0.15, -0.1) is 10.2 Å². The Hall–Kier alpha value is -2.85. The molecule has 10 heteroatoms. The lowest BCUT2D eigenvalue weighted by molar-refractivity contribution is 0.457. The molecule has 1 aliphatic heterocycles. The number of rotatable bonds is 5. The van der Waals surface area contributed by atoms with E-state index in [1.807, 2.05) is 17.8 Å². The molecule has 1 saturated heterocycles. The summed E-state index contributed by atoms with van der Waals surface area (Å²) in [6.07, 6.45) is 6.13. The average molecular weight is 471 g/mol. The predicted molar refractivity (Wildman–Crippen MR) is 123 cm³/mol. The van der Waals surface area contributed by atoms with Crippen LogP contribution in [-0.4, -0.2) is 47.5 Å². The zero-order valence-electron chi connectivity index (χ0n) is 18.8. The van der Waals surface area contributed by atoms with Gasteiger partial charge in [-0.2, -0.15) is 5.10 Å². The summed E-state index contributed by atoms with van der Waals surface area (Å²) in [6.45, 7) is 3.00. The fraction of sp³-hybridized carbons (Fsp3) is 0.435. The summed E-state index contributed by atoms with van der Waals surface area (Å²) < 4.78 is 43.7. The number of fused-ring (bicyclic) bond motifs is 1. The zero-order chi connectivity index (χ0) is 23.2. The van der Waals surface area contributed by atoms with Crippen LogP contribution in [0.4, 0.5) is 10.2 Å². The minimum absolute atomic E-state index is 0.126. The lowest BCUT2D eigenvalue weighted by Gasteiger charge is -2.34. The summed E-state index contributed by atoms with van der Waals surface area (Å²) in [4.78, 5) is 2.35. The minimum atomic E-state index is -3.71. The molecule has 0 atom stereocenters. The van der Waals surface area contributed by atoms with E-state index < -0.39 is 15.8 Å². The molecule has 33 heavy (non-hydrogen) atoms. The number of nitrogens with one attached hydrogen (secondary N) is 1. The number of halogens is 1. The van der Waals surface area contributed by atoms with Crippen molar-refractivity contribution < 1.29 is 12.8 Å². The Morgan fingerprint density at radius 1 is 1.09 bits per heavy atom. The summed E-state index contributed by atoms with van der Waals surface area (Å²) in [5, 5.41) is 13.4. The second kappa shape index (κ2) is 8.49. The standard InChI is InChI=1S/C23H27FN6O2S/c1-15-14-16(24)6-7-21(15)33(31,32)28-17-9-12-30(13-10-17)23-19-5-3-4-18(19)22(26-27-23)20-8-11-25-29(20)2/h6-8,11,14,17,28H,3-5,9-10,12-13H2,1-2H3. The van der Waals surface area contributed by atoms with Gasteiger partial charge < -0.3 is 4.90 Å². The molecule has 0 bridgehead atoms. The third-order valence-corrected chi connectivity index (χ3v) is 8.31. The van der Waals surface area contributed by atoms with Crippen LogP contribution in [0.5, 0.6) is 0 Å². The third-order valence-electron chi connectivity index (χ3n) is 6.62. The van der Waals surface area contributed by atoms with Gasteiger partial charge in [-0.1, -0.05) is 0 Å². The molecule has 3 aromatic rings. The summed E-state index contributed by atoms with van der Waals surface area (Å²) >= 11 is 0. The molecule has 8 nitrogen and oxygen atoms in total. The lowest BCUT2D eigenvalue weighted by atomic mass is 10.0. The van der Waals surface area contributed by atoms with Gasteiger partial charge in [-0.3, -0.25) is 4.68 Å². The highest BCUT2D eigenvalue weighted by atomic mass is 32.2. The van der Waals surface area contributed by atoms with Crippen molar-refractivity contribution in [3.8, 4) is 11.4 Å². The van der Waals surface area contributed by atoms with Crippen LogP contribution in [0.2, 0.25) is 0 Å². The van der Waals surface area contributed by atoms with Crippen molar-refractivity contribution in [1.82, 2.24) is 24.7 Å². The molecular formula is C23H27FN6O2S. The molecule has 0 saturated carbocycles. The quantitative estimate of drug-likeness (QED) is 0.616. The lowest BCUT2D eigenvalue weighted by Crippen LogP contribution is -2.45. The second-order valence-corrected chi connectivity index (χ2v) is 10.5. The molecule has 0 radical (unpaired) electrons. The zero-order valence-corrected chi connectivity index (χ0v) is 19.6. The van der Waals surface area contributed by atoms with Crippen molar-refractivity contribution in [3.05, 3.63) is 53.0 Å². The van der Waals surface area contributed by atoms with Gasteiger partial charge in [0, 0.05) is 37.9 Å². The number of aromatic nitrogens is 4. The number of nitrogens with zero attached hydrogens (tertiary/aromatic N) is 5. The van der Waals surface area contributed by atoms with Gasteiger partial charge in [-0.05, 0) is 74.4 Å². The number of anilines is 1. The number of piperidine rings is 1. The van der Waals surface area contributed by atoms with Gasteiger partial charge >= 0.3 is 0 Å². The van der Waals surface area contributed by atoms with E-state index in [1.54, 1.807) is 13.1 Å². The van der Waals surface area contributed by atoms with Crippen molar-refractivity contribution in [3.63, 3.8) is 0 Å². The maximum Gasteiger partial charge on any atom is 0.241 e. The van der Waals surface area contributed by atoms with Crippen LogP contribution in [0.15, 0.2) is 35.4 Å². The smallest absolute Gasteiger partial charge is 0.241 e. The number of hydrogen-bond donors (Lipinski definition) is 1. The molecule has 5 rings (SSSR count). The van der Waals surface area contributed by atoms with Crippen LogP contribution in [0, 0.1) is 12.7 Å². The van der Waals surface area contributed by atoms with E-state index in [1.165, 1.54) is 29.3 Å². The number of hydrogen-bond acceptors (Lipinski definition) is 6. The molecule has 1 aromatic carbocycles. The van der Waals surface area contributed by atoms with E-state index in [0.717, 1.165) is 36.5 Å². The van der Waals surface area contributed by atoms with E-state index in [9.17, 15) is 12.8 Å². The highest BCUT2D eigenvalue weighted by Gasteiger charge is 2.30. The highest BCUT2D eigenvalue weighted by Crippen LogP contribution is 2.36. The Morgan fingerprint density at radius 2 is 1.85 bits per heavy atom. The van der Waals surface area contributed by atoms with E-state index in [4.69, 9.17) is 0 Å². The van der Waals surface area contributed by atoms with E-state index >= 15 is 0 Å². The fourth-order valence-corrected chi connectivity index (χ4v) is 6.47.